The highest BCUT2D eigenvalue weighted by molar-refractivity contribution is 7.92. The number of hydrogen-bond donors (Lipinski definition) is 2. The number of sulfonamides is 1. The first-order valence-electron chi connectivity index (χ1n) is 23.2. The summed E-state index contributed by atoms with van der Waals surface area (Å²) >= 11 is 0. The van der Waals surface area contributed by atoms with Gasteiger partial charge in [0.1, 0.15) is 11.6 Å². The second kappa shape index (κ2) is 20.0. The maximum atomic E-state index is 13.5. The average molecular weight is 926 g/mol. The molecule has 2 aliphatic heterocycles. The molecule has 352 valence electrons. The molecule has 0 atom stereocenters. The molecule has 14 nitrogen and oxygen atoms in total. The predicted octanol–water partition coefficient (Wildman–Crippen LogP) is 9.19. The summed E-state index contributed by atoms with van der Waals surface area (Å²) < 4.78 is 44.1. The second-order valence-corrected chi connectivity index (χ2v) is 20.7. The molecule has 1 amide bonds. The number of nitrogens with one attached hydrogen (secondary N) is 2. The van der Waals surface area contributed by atoms with Crippen molar-refractivity contribution < 1.29 is 22.7 Å². The van der Waals surface area contributed by atoms with E-state index in [0.29, 0.717) is 23.2 Å². The van der Waals surface area contributed by atoms with Crippen molar-refractivity contribution >= 4 is 55.1 Å². The minimum absolute atomic E-state index is 0.131. The van der Waals surface area contributed by atoms with Crippen molar-refractivity contribution in [2.24, 2.45) is 11.8 Å². The number of benzene rings is 3. The zero-order valence-corrected chi connectivity index (χ0v) is 40.5. The lowest BCUT2D eigenvalue weighted by atomic mass is 9.87. The third-order valence-corrected chi connectivity index (χ3v) is 15.1. The molecular weight excluding hydrogens is 863 g/mol. The number of fused-ring (bicyclic) bond motifs is 2. The van der Waals surface area contributed by atoms with Crippen LogP contribution >= 0.6 is 0 Å². The largest absolute Gasteiger partial charge is 0.388 e. The summed E-state index contributed by atoms with van der Waals surface area (Å²) in [5.74, 6) is 2.84. The Morgan fingerprint density at radius 3 is 1.63 bits per heavy atom. The van der Waals surface area contributed by atoms with Crippen molar-refractivity contribution in [1.82, 2.24) is 29.1 Å². The molecule has 0 aliphatic carbocycles. The van der Waals surface area contributed by atoms with E-state index in [1.54, 1.807) is 18.3 Å². The molecule has 7 aromatic rings. The van der Waals surface area contributed by atoms with Crippen molar-refractivity contribution in [1.29, 1.82) is 0 Å². The molecule has 2 fully saturated rings. The van der Waals surface area contributed by atoms with Gasteiger partial charge in [-0.15, -0.1) is 0 Å². The zero-order valence-electron chi connectivity index (χ0n) is 39.7. The molecule has 2 saturated heterocycles. The third kappa shape index (κ3) is 10.2. The Balaban J connectivity index is 0.000000196. The summed E-state index contributed by atoms with van der Waals surface area (Å²) in [6.45, 7) is 15.1. The number of anilines is 3. The Hall–Kier alpha value is -6.16. The summed E-state index contributed by atoms with van der Waals surface area (Å²) in [7, 11) is -0.360. The minimum Gasteiger partial charge on any atom is -0.388 e. The molecule has 2 N–H and O–H groups in total. The minimum atomic E-state index is -3.84. The third-order valence-electron chi connectivity index (χ3n) is 13.3. The normalized spacial score (nSPS) is 15.3. The maximum absolute atomic E-state index is 13.5. The molecule has 2 aliphatic rings. The highest BCUT2D eigenvalue weighted by atomic mass is 32.2. The first-order valence-corrected chi connectivity index (χ1v) is 24.6. The van der Waals surface area contributed by atoms with E-state index in [1.165, 1.54) is 35.9 Å². The molecule has 0 saturated carbocycles. The van der Waals surface area contributed by atoms with Gasteiger partial charge in [-0.2, -0.15) is 0 Å². The first kappa shape index (κ1) is 47.3. The number of rotatable bonds is 13. The van der Waals surface area contributed by atoms with E-state index in [-0.39, 0.29) is 16.2 Å². The van der Waals surface area contributed by atoms with Gasteiger partial charge in [0, 0.05) is 84.3 Å². The van der Waals surface area contributed by atoms with Crippen LogP contribution in [0, 0.1) is 11.8 Å². The quantitative estimate of drug-likeness (QED) is 0.114. The van der Waals surface area contributed by atoms with Crippen molar-refractivity contribution in [3.8, 4) is 0 Å². The molecule has 15 heteroatoms. The van der Waals surface area contributed by atoms with Gasteiger partial charge in [0.2, 0.25) is 5.91 Å². The highest BCUT2D eigenvalue weighted by Gasteiger charge is 2.34. The van der Waals surface area contributed by atoms with Gasteiger partial charge in [0.15, 0.2) is 0 Å². The fraction of sp³-hybridized carbons (Fsp3) is 0.404. The van der Waals surface area contributed by atoms with Crippen LogP contribution in [0.2, 0.25) is 0 Å². The monoisotopic (exact) mass is 925 g/mol. The lowest BCUT2D eigenvalue weighted by Crippen LogP contribution is -2.28. The molecule has 9 rings (SSSR count). The number of imidazole rings is 2. The van der Waals surface area contributed by atoms with E-state index in [1.807, 2.05) is 55.7 Å². The molecule has 0 bridgehead atoms. The smallest absolute Gasteiger partial charge is 0.264 e. The number of nitrogens with zero attached hydrogens (tertiary/aromatic N) is 7. The number of ether oxygens (including phenoxy) is 2. The first-order chi connectivity index (χ1) is 32.2. The Labute approximate surface area is 394 Å². The van der Waals surface area contributed by atoms with Crippen molar-refractivity contribution in [2.45, 2.75) is 89.1 Å². The standard InChI is InChI=1S/C30H35N5O4S.C22H28N4O/c1-21(36)32-23-8-11-25(12-9-23)40(37,38)34(4)24-10-13-27-26(19-24)33-29(30(2,3)28-7-5-6-16-31-28)35(27)20-22-14-17-39-18-15-22;1-22(2,20-6-4-5-11-24-20)21-25-18-14-17(23-3)7-8-19(18)26(21)15-16-9-12-27-13-10-16/h5-13,16,19,22H,14-15,17-18,20H2,1-4H3,(H,32,36);4-8,11,14,16,23H,9-10,12-13,15H2,1-3H3. The summed E-state index contributed by atoms with van der Waals surface area (Å²) in [4.78, 5) is 30.9. The number of hydrogen-bond acceptors (Lipinski definition) is 10. The molecule has 0 radical (unpaired) electrons. The lowest BCUT2D eigenvalue weighted by Gasteiger charge is -2.28. The number of pyridine rings is 2. The van der Waals surface area contributed by atoms with Crippen molar-refractivity contribution in [3.63, 3.8) is 0 Å². The number of aromatic nitrogens is 6. The fourth-order valence-corrected chi connectivity index (χ4v) is 10.4. The predicted molar refractivity (Wildman–Crippen MR) is 265 cm³/mol. The van der Waals surface area contributed by atoms with E-state index < -0.39 is 15.4 Å². The van der Waals surface area contributed by atoms with Crippen molar-refractivity contribution in [2.75, 3.05) is 55.5 Å². The van der Waals surface area contributed by atoms with Gasteiger partial charge in [0.25, 0.3) is 10.0 Å². The molecule has 0 spiro atoms. The zero-order chi connectivity index (χ0) is 47.3. The van der Waals surface area contributed by atoms with Gasteiger partial charge in [-0.25, -0.2) is 18.4 Å². The van der Waals surface area contributed by atoms with Crippen LogP contribution in [-0.2, 0) is 48.2 Å². The summed E-state index contributed by atoms with van der Waals surface area (Å²) in [6, 6.07) is 30.2. The van der Waals surface area contributed by atoms with Gasteiger partial charge in [-0.3, -0.25) is 19.1 Å². The Bertz CT molecular complexity index is 2900. The van der Waals surface area contributed by atoms with Crippen LogP contribution in [-0.4, -0.2) is 83.9 Å². The summed E-state index contributed by atoms with van der Waals surface area (Å²) in [5.41, 5.74) is 7.26. The molecule has 67 heavy (non-hydrogen) atoms. The topological polar surface area (TPSA) is 158 Å². The highest BCUT2D eigenvalue weighted by Crippen LogP contribution is 2.37. The number of amides is 1. The van der Waals surface area contributed by atoms with Gasteiger partial charge < -0.3 is 29.2 Å². The summed E-state index contributed by atoms with van der Waals surface area (Å²) in [6.07, 6.45) is 7.85. The maximum Gasteiger partial charge on any atom is 0.264 e. The Morgan fingerprint density at radius 2 is 1.16 bits per heavy atom. The molecule has 4 aromatic heterocycles. The molecular formula is C52H63N9O5S. The van der Waals surface area contributed by atoms with Crippen LogP contribution in [0.5, 0.6) is 0 Å². The van der Waals surface area contributed by atoms with Crippen LogP contribution in [0.4, 0.5) is 17.1 Å². The van der Waals surface area contributed by atoms with Gasteiger partial charge >= 0.3 is 0 Å². The van der Waals surface area contributed by atoms with Crippen molar-refractivity contribution in [3.05, 3.63) is 132 Å². The molecule has 3 aromatic carbocycles. The van der Waals surface area contributed by atoms with Gasteiger partial charge in [-0.1, -0.05) is 12.1 Å². The SMILES string of the molecule is CC(=O)Nc1ccc(S(=O)(=O)N(C)c2ccc3c(c2)nc(C(C)(C)c2ccccn2)n3CC2CCOCC2)cc1.CNc1ccc2c(c1)nc(C(C)(C)c1ccccn1)n2CC1CCOCC1. The average Bonchev–Trinajstić information content (AvgIpc) is 3.90. The molecule has 0 unspecified atom stereocenters. The van der Waals surface area contributed by atoms with Gasteiger partial charge in [-0.05, 0) is 150 Å². The molecule has 6 heterocycles. The van der Waals surface area contributed by atoms with E-state index in [0.717, 1.165) is 110 Å². The van der Waals surface area contributed by atoms with Crippen LogP contribution in [0.25, 0.3) is 22.1 Å². The summed E-state index contributed by atoms with van der Waals surface area (Å²) in [5, 5.41) is 5.88. The van der Waals surface area contributed by atoms with Crippen LogP contribution in [0.3, 0.4) is 0 Å². The fourth-order valence-electron chi connectivity index (χ4n) is 9.20. The van der Waals surface area contributed by atoms with Gasteiger partial charge in [0.05, 0.1) is 54.9 Å². The Morgan fingerprint density at radius 1 is 0.687 bits per heavy atom. The van der Waals surface area contributed by atoms with E-state index >= 15 is 0 Å². The Kier molecular flexibility index (Phi) is 14.1. The van der Waals surface area contributed by atoms with E-state index in [9.17, 15) is 13.2 Å². The van der Waals surface area contributed by atoms with Crippen LogP contribution in [0.1, 0.15) is 83.3 Å². The lowest BCUT2D eigenvalue weighted by molar-refractivity contribution is -0.114. The van der Waals surface area contributed by atoms with E-state index in [4.69, 9.17) is 19.4 Å². The van der Waals surface area contributed by atoms with Crippen LogP contribution in [0.15, 0.2) is 114 Å². The number of carbonyl (C=O) groups excluding carboxylic acids is 1. The number of carbonyl (C=O) groups is 1. The van der Waals surface area contributed by atoms with E-state index in [2.05, 4.69) is 87.8 Å². The second-order valence-electron chi connectivity index (χ2n) is 18.7. The van der Waals surface area contributed by atoms with Crippen LogP contribution < -0.4 is 14.9 Å².